The molecule has 10 heteroatoms. The van der Waals surface area contributed by atoms with Crippen LogP contribution in [0.5, 0.6) is 0 Å². The van der Waals surface area contributed by atoms with Gasteiger partial charge in [0.05, 0.1) is 29.7 Å². The number of hydrazine groups is 1. The molecule has 1 unspecified atom stereocenters. The third-order valence-electron chi connectivity index (χ3n) is 3.87. The number of benzene rings is 1. The second kappa shape index (κ2) is 8.28. The summed E-state index contributed by atoms with van der Waals surface area (Å²) in [7, 11) is 1.47. The van der Waals surface area contributed by atoms with Gasteiger partial charge in [0.1, 0.15) is 0 Å². The molecule has 0 saturated heterocycles. The van der Waals surface area contributed by atoms with Crippen LogP contribution in [-0.2, 0) is 9.63 Å². The average molecular weight is 364 g/mol. The lowest BCUT2D eigenvalue weighted by Gasteiger charge is -2.19. The summed E-state index contributed by atoms with van der Waals surface area (Å²) in [6.45, 7) is 1.72. The van der Waals surface area contributed by atoms with Crippen molar-refractivity contribution in [2.75, 3.05) is 13.6 Å². The van der Waals surface area contributed by atoms with E-state index in [2.05, 4.69) is 5.28 Å². The summed E-state index contributed by atoms with van der Waals surface area (Å²) in [4.78, 5) is 41.1. The Hall–Kier alpha value is -3.17. The number of fused-ring (bicyclic) bond motifs is 1. The van der Waals surface area contributed by atoms with Crippen LogP contribution in [0.4, 0.5) is 0 Å². The average Bonchev–Trinajstić information content (AvgIpc) is 2.87. The molecule has 26 heavy (non-hydrogen) atoms. The molecule has 1 aliphatic rings. The zero-order valence-electron chi connectivity index (χ0n) is 14.5. The van der Waals surface area contributed by atoms with E-state index < -0.39 is 24.0 Å². The number of carbonyl (C=O) groups is 3. The van der Waals surface area contributed by atoms with E-state index in [0.29, 0.717) is 12.8 Å². The summed E-state index contributed by atoms with van der Waals surface area (Å²) in [6.07, 6.45) is -0.110. The Kier molecular flexibility index (Phi) is 6.10. The predicted octanol–water partition coefficient (Wildman–Crippen LogP) is 1.62. The van der Waals surface area contributed by atoms with Crippen LogP contribution in [0.15, 0.2) is 29.5 Å². The van der Waals surface area contributed by atoms with Gasteiger partial charge in [-0.3, -0.25) is 14.4 Å². The highest BCUT2D eigenvalue weighted by atomic mass is 16.7. The third kappa shape index (κ3) is 4.26. The van der Waals surface area contributed by atoms with Crippen LogP contribution >= 0.6 is 0 Å². The Bertz CT molecular complexity index is 700. The molecule has 10 nitrogen and oxygen atoms in total. The molecule has 0 aromatic heterocycles. The van der Waals surface area contributed by atoms with Crippen molar-refractivity contribution in [3.63, 3.8) is 0 Å². The first-order chi connectivity index (χ1) is 12.3. The number of carboxylic acids is 1. The van der Waals surface area contributed by atoms with Crippen LogP contribution in [0.25, 0.3) is 0 Å². The predicted molar refractivity (Wildman–Crippen MR) is 87.7 cm³/mol. The van der Waals surface area contributed by atoms with Gasteiger partial charge in [-0.1, -0.05) is 12.1 Å². The van der Waals surface area contributed by atoms with Crippen molar-refractivity contribution in [1.29, 1.82) is 0 Å². The van der Waals surface area contributed by atoms with Crippen molar-refractivity contribution in [3.8, 4) is 0 Å². The fourth-order valence-corrected chi connectivity index (χ4v) is 2.46. The third-order valence-corrected chi connectivity index (χ3v) is 3.87. The Balaban J connectivity index is 1.90. The first-order valence-electron chi connectivity index (χ1n) is 8.06. The van der Waals surface area contributed by atoms with Crippen molar-refractivity contribution in [1.82, 2.24) is 9.91 Å². The molecule has 1 heterocycles. The number of hydrogen-bond donors (Lipinski definition) is 1. The van der Waals surface area contributed by atoms with Gasteiger partial charge in [0, 0.05) is 6.42 Å². The maximum absolute atomic E-state index is 12.3. The molecule has 1 aliphatic heterocycles. The normalized spacial score (nSPS) is 15.0. The topological polar surface area (TPSA) is 126 Å². The molecule has 0 fully saturated rings. The number of carbonyl (C=O) groups excluding carboxylic acids is 2. The number of imide groups is 1. The van der Waals surface area contributed by atoms with Crippen LogP contribution in [0.2, 0.25) is 0 Å². The number of carboxylic acid groups (broad SMARTS) is 1. The zero-order valence-corrected chi connectivity index (χ0v) is 14.5. The highest BCUT2D eigenvalue weighted by Gasteiger charge is 2.39. The SMILES string of the molecule is CC(ON=[N+]([O-])N(C)CCCCC(=O)O)N1C(=O)c2ccccc2C1=O. The smallest absolute Gasteiger partial charge is 0.303 e. The van der Waals surface area contributed by atoms with Gasteiger partial charge in [-0.15, -0.1) is 5.01 Å². The standard InChI is InChI=1S/C16H20N4O6/c1-11(19-15(23)12-7-3-4-8-13(12)16(19)24)26-17-20(25)18(2)10-6-5-9-14(21)22/h3-4,7-8,11H,5-6,9-10H2,1-2H3,(H,21,22). The van der Waals surface area contributed by atoms with Gasteiger partial charge in [-0.05, 0) is 31.9 Å². The van der Waals surface area contributed by atoms with Crippen molar-refractivity contribution in [2.24, 2.45) is 5.28 Å². The summed E-state index contributed by atoms with van der Waals surface area (Å²) in [5, 5.41) is 24.9. The van der Waals surface area contributed by atoms with Crippen molar-refractivity contribution in [3.05, 3.63) is 40.6 Å². The second-order valence-corrected chi connectivity index (χ2v) is 5.80. The number of aliphatic carboxylic acids is 1. The van der Waals surface area contributed by atoms with Crippen molar-refractivity contribution >= 4 is 17.8 Å². The highest BCUT2D eigenvalue weighted by molar-refractivity contribution is 6.21. The summed E-state index contributed by atoms with van der Waals surface area (Å²) < 4.78 is 0. The van der Waals surface area contributed by atoms with Gasteiger partial charge in [-0.25, -0.2) is 4.90 Å². The van der Waals surface area contributed by atoms with Crippen molar-refractivity contribution < 1.29 is 29.3 Å². The van der Waals surface area contributed by atoms with Crippen LogP contribution in [0.1, 0.15) is 46.9 Å². The lowest BCUT2D eigenvalue weighted by molar-refractivity contribution is -0.707. The second-order valence-electron chi connectivity index (χ2n) is 5.80. The van der Waals surface area contributed by atoms with Crippen LogP contribution in [0.3, 0.4) is 0 Å². The summed E-state index contributed by atoms with van der Waals surface area (Å²) >= 11 is 0. The minimum Gasteiger partial charge on any atom is -0.569 e. The summed E-state index contributed by atoms with van der Waals surface area (Å²) in [5.74, 6) is -1.91. The quantitative estimate of drug-likeness (QED) is 0.232. The van der Waals surface area contributed by atoms with Gasteiger partial charge in [-0.2, -0.15) is 0 Å². The van der Waals surface area contributed by atoms with Crippen molar-refractivity contribution in [2.45, 2.75) is 32.4 Å². The van der Waals surface area contributed by atoms with Gasteiger partial charge >= 0.3 is 5.97 Å². The minimum atomic E-state index is -1.06. The molecular formula is C16H20N4O6. The van der Waals surface area contributed by atoms with E-state index >= 15 is 0 Å². The van der Waals surface area contributed by atoms with E-state index in [-0.39, 0.29) is 29.1 Å². The number of unbranched alkanes of at least 4 members (excludes halogenated alkanes) is 1. The number of hydrogen-bond acceptors (Lipinski definition) is 6. The lowest BCUT2D eigenvalue weighted by Crippen LogP contribution is -2.39. The van der Waals surface area contributed by atoms with Crippen LogP contribution < -0.4 is 0 Å². The van der Waals surface area contributed by atoms with E-state index in [1.807, 2.05) is 0 Å². The molecule has 0 aliphatic carbocycles. The fourth-order valence-electron chi connectivity index (χ4n) is 2.46. The van der Waals surface area contributed by atoms with Crippen LogP contribution in [0, 0.1) is 5.21 Å². The van der Waals surface area contributed by atoms with E-state index in [1.165, 1.54) is 19.0 Å². The maximum Gasteiger partial charge on any atom is 0.303 e. The lowest BCUT2D eigenvalue weighted by atomic mass is 10.1. The molecule has 1 atom stereocenters. The molecule has 1 aromatic carbocycles. The fraction of sp³-hybridized carbons (Fsp3) is 0.438. The Morgan fingerprint density at radius 1 is 1.31 bits per heavy atom. The summed E-state index contributed by atoms with van der Waals surface area (Å²) in [6, 6.07) is 6.40. The molecule has 1 aromatic rings. The van der Waals surface area contributed by atoms with E-state index in [4.69, 9.17) is 9.94 Å². The Morgan fingerprint density at radius 2 is 1.88 bits per heavy atom. The molecule has 140 valence electrons. The molecule has 1 N–H and O–H groups in total. The highest BCUT2D eigenvalue weighted by Crippen LogP contribution is 2.24. The van der Waals surface area contributed by atoms with Gasteiger partial charge in [0.15, 0.2) is 0 Å². The molecule has 0 saturated carbocycles. The van der Waals surface area contributed by atoms with E-state index in [9.17, 15) is 19.6 Å². The maximum atomic E-state index is 12.3. The Morgan fingerprint density at radius 3 is 2.42 bits per heavy atom. The molecule has 0 bridgehead atoms. The van der Waals surface area contributed by atoms with E-state index in [0.717, 1.165) is 4.90 Å². The minimum absolute atomic E-state index is 0.0249. The van der Waals surface area contributed by atoms with Gasteiger partial charge in [0.25, 0.3) is 11.8 Å². The first kappa shape index (κ1) is 19.2. The monoisotopic (exact) mass is 364 g/mol. The van der Waals surface area contributed by atoms with Gasteiger partial charge in [0.2, 0.25) is 11.5 Å². The first-order valence-corrected chi connectivity index (χ1v) is 8.06. The summed E-state index contributed by atoms with van der Waals surface area (Å²) in [5.41, 5.74) is 0.560. The molecule has 2 amide bonds. The number of nitrogens with zero attached hydrogens (tertiary/aromatic N) is 4. The largest absolute Gasteiger partial charge is 0.569 e. The zero-order chi connectivity index (χ0) is 19.3. The number of rotatable bonds is 9. The van der Waals surface area contributed by atoms with Gasteiger partial charge < -0.3 is 15.2 Å². The molecular weight excluding hydrogens is 344 g/mol. The molecule has 2 rings (SSSR count). The molecule has 0 spiro atoms. The Labute approximate surface area is 149 Å². The molecule has 0 radical (unpaired) electrons. The van der Waals surface area contributed by atoms with Crippen LogP contribution in [-0.4, -0.2) is 57.6 Å². The number of amides is 2. The van der Waals surface area contributed by atoms with E-state index in [1.54, 1.807) is 24.3 Å².